The zero-order chi connectivity index (χ0) is 19.9. The smallest absolute Gasteiger partial charge is 0.227 e. The van der Waals surface area contributed by atoms with Crippen molar-refractivity contribution in [1.29, 1.82) is 0 Å². The largest absolute Gasteiger partial charge is 0.493 e. The summed E-state index contributed by atoms with van der Waals surface area (Å²) in [5.41, 5.74) is 6.06. The third kappa shape index (κ3) is 6.61. The number of para-hydroxylation sites is 1. The van der Waals surface area contributed by atoms with Crippen molar-refractivity contribution in [1.82, 2.24) is 9.80 Å². The number of carbonyl (C=O) groups is 2. The van der Waals surface area contributed by atoms with Gasteiger partial charge in [0.25, 0.3) is 0 Å². The first-order valence-electron chi connectivity index (χ1n) is 10.5. The molecule has 0 spiro atoms. The van der Waals surface area contributed by atoms with E-state index in [1.165, 1.54) is 0 Å². The summed E-state index contributed by atoms with van der Waals surface area (Å²) >= 11 is 0. The van der Waals surface area contributed by atoms with Gasteiger partial charge in [-0.1, -0.05) is 18.2 Å². The molecule has 0 aromatic heterocycles. The number of amides is 2. The summed E-state index contributed by atoms with van der Waals surface area (Å²) in [4.78, 5) is 29.4. The first-order valence-corrected chi connectivity index (χ1v) is 10.5. The maximum atomic E-state index is 13.0. The summed E-state index contributed by atoms with van der Waals surface area (Å²) in [5.74, 6) is 1.34. The van der Waals surface area contributed by atoms with E-state index in [1.807, 2.05) is 47.1 Å². The maximum absolute atomic E-state index is 13.0. The summed E-state index contributed by atoms with van der Waals surface area (Å²) in [6, 6.07) is 9.64. The molecule has 1 aromatic carbocycles. The predicted octanol–water partition coefficient (Wildman–Crippen LogP) is 2.70. The zero-order valence-corrected chi connectivity index (χ0v) is 18.1. The van der Waals surface area contributed by atoms with Gasteiger partial charge in [-0.3, -0.25) is 9.59 Å². The van der Waals surface area contributed by atoms with Gasteiger partial charge in [-0.2, -0.15) is 0 Å². The number of benzene rings is 1. The summed E-state index contributed by atoms with van der Waals surface area (Å²) in [5, 5.41) is 0. The van der Waals surface area contributed by atoms with Crippen molar-refractivity contribution in [2.75, 3.05) is 32.8 Å². The van der Waals surface area contributed by atoms with Crippen LogP contribution in [-0.4, -0.2) is 60.4 Å². The number of rotatable bonds is 6. The lowest BCUT2D eigenvalue weighted by molar-refractivity contribution is -0.142. The van der Waals surface area contributed by atoms with Crippen molar-refractivity contribution >= 4 is 24.2 Å². The molecule has 6 nitrogen and oxygen atoms in total. The Balaban J connectivity index is 0.00000300. The summed E-state index contributed by atoms with van der Waals surface area (Å²) in [6.45, 7) is 5.22. The van der Waals surface area contributed by atoms with Gasteiger partial charge in [-0.15, -0.1) is 12.4 Å². The van der Waals surface area contributed by atoms with Crippen LogP contribution >= 0.6 is 12.4 Å². The number of halogens is 1. The van der Waals surface area contributed by atoms with E-state index in [1.54, 1.807) is 0 Å². The van der Waals surface area contributed by atoms with Gasteiger partial charge in [-0.05, 0) is 50.7 Å². The van der Waals surface area contributed by atoms with Crippen molar-refractivity contribution in [2.24, 2.45) is 17.6 Å². The normalized spacial score (nSPS) is 23.1. The van der Waals surface area contributed by atoms with Crippen molar-refractivity contribution in [3.63, 3.8) is 0 Å². The molecule has 0 radical (unpaired) electrons. The van der Waals surface area contributed by atoms with Crippen LogP contribution in [0.15, 0.2) is 30.3 Å². The van der Waals surface area contributed by atoms with Gasteiger partial charge in [0, 0.05) is 32.2 Å². The van der Waals surface area contributed by atoms with Crippen molar-refractivity contribution in [3.8, 4) is 5.75 Å². The van der Waals surface area contributed by atoms with Crippen LogP contribution in [0, 0.1) is 11.8 Å². The Labute approximate surface area is 180 Å². The standard InChI is InChI=1S/C22H33N3O3.ClH/c1-17(23)18-7-5-13-25(15-18)22(27)19-8-6-12-24(16-19)21(26)11-14-28-20-9-3-2-4-10-20;/h2-4,9-10,17-19H,5-8,11-16,23H2,1H3;1H. The molecule has 29 heavy (non-hydrogen) atoms. The van der Waals surface area contributed by atoms with Crippen LogP contribution in [0.3, 0.4) is 0 Å². The highest BCUT2D eigenvalue weighted by molar-refractivity contribution is 5.85. The van der Waals surface area contributed by atoms with Crippen LogP contribution in [-0.2, 0) is 9.59 Å². The lowest BCUT2D eigenvalue weighted by Gasteiger charge is -2.39. The SMILES string of the molecule is CC(N)C1CCCN(C(=O)C2CCCN(C(=O)CCOc3ccccc3)C2)C1.Cl. The fourth-order valence-corrected chi connectivity index (χ4v) is 4.23. The van der Waals surface area contributed by atoms with E-state index in [9.17, 15) is 9.59 Å². The third-order valence-corrected chi connectivity index (χ3v) is 5.96. The molecule has 162 valence electrons. The van der Waals surface area contributed by atoms with E-state index in [-0.39, 0.29) is 36.2 Å². The highest BCUT2D eigenvalue weighted by atomic mass is 35.5. The molecular weight excluding hydrogens is 390 g/mol. The van der Waals surface area contributed by atoms with E-state index < -0.39 is 0 Å². The van der Waals surface area contributed by atoms with E-state index in [0.717, 1.165) is 51.1 Å². The second-order valence-corrected chi connectivity index (χ2v) is 8.14. The van der Waals surface area contributed by atoms with Crippen LogP contribution < -0.4 is 10.5 Å². The number of likely N-dealkylation sites (tertiary alicyclic amines) is 2. The van der Waals surface area contributed by atoms with Crippen molar-refractivity contribution in [2.45, 2.75) is 45.1 Å². The minimum Gasteiger partial charge on any atom is -0.493 e. The molecule has 2 fully saturated rings. The number of hydrogen-bond donors (Lipinski definition) is 1. The summed E-state index contributed by atoms with van der Waals surface area (Å²) < 4.78 is 5.64. The highest BCUT2D eigenvalue weighted by Gasteiger charge is 2.33. The van der Waals surface area contributed by atoms with Crippen LogP contribution in [0.5, 0.6) is 5.75 Å². The van der Waals surface area contributed by atoms with Gasteiger partial charge in [0.05, 0.1) is 18.9 Å². The number of nitrogens with zero attached hydrogens (tertiary/aromatic N) is 2. The molecule has 2 aliphatic rings. The minimum absolute atomic E-state index is 0. The molecular formula is C22H34ClN3O3. The van der Waals surface area contributed by atoms with E-state index in [2.05, 4.69) is 0 Å². The molecule has 7 heteroatoms. The maximum Gasteiger partial charge on any atom is 0.227 e. The Morgan fingerprint density at radius 2 is 1.79 bits per heavy atom. The molecule has 2 heterocycles. The number of nitrogens with two attached hydrogens (primary N) is 1. The number of ether oxygens (including phenoxy) is 1. The average Bonchev–Trinajstić information content (AvgIpc) is 2.74. The fraction of sp³-hybridized carbons (Fsp3) is 0.636. The summed E-state index contributed by atoms with van der Waals surface area (Å²) in [7, 11) is 0. The first-order chi connectivity index (χ1) is 13.5. The van der Waals surface area contributed by atoms with Gasteiger partial charge in [0.15, 0.2) is 0 Å². The predicted molar refractivity (Wildman–Crippen MR) is 116 cm³/mol. The average molecular weight is 424 g/mol. The monoisotopic (exact) mass is 423 g/mol. The van der Waals surface area contributed by atoms with Crippen LogP contribution in [0.2, 0.25) is 0 Å². The molecule has 0 aliphatic carbocycles. The molecule has 0 saturated carbocycles. The Morgan fingerprint density at radius 1 is 1.10 bits per heavy atom. The van der Waals surface area contributed by atoms with E-state index >= 15 is 0 Å². The van der Waals surface area contributed by atoms with E-state index in [4.69, 9.17) is 10.5 Å². The molecule has 2 N–H and O–H groups in total. The van der Waals surface area contributed by atoms with Crippen LogP contribution in [0.25, 0.3) is 0 Å². The van der Waals surface area contributed by atoms with Gasteiger partial charge >= 0.3 is 0 Å². The lowest BCUT2D eigenvalue weighted by atomic mass is 9.90. The fourth-order valence-electron chi connectivity index (χ4n) is 4.23. The van der Waals surface area contributed by atoms with Gasteiger partial charge < -0.3 is 20.3 Å². The molecule has 3 rings (SSSR count). The Kier molecular flexibility index (Phi) is 9.24. The van der Waals surface area contributed by atoms with Gasteiger partial charge in [-0.25, -0.2) is 0 Å². The molecule has 2 aliphatic heterocycles. The molecule has 3 atom stereocenters. The van der Waals surface area contributed by atoms with Crippen molar-refractivity contribution in [3.05, 3.63) is 30.3 Å². The molecule has 2 saturated heterocycles. The molecule has 1 aromatic rings. The van der Waals surface area contributed by atoms with Crippen LogP contribution in [0.1, 0.15) is 39.0 Å². The Hall–Kier alpha value is -1.79. The Bertz CT molecular complexity index is 656. The lowest BCUT2D eigenvalue weighted by Crippen LogP contribution is -2.51. The molecule has 2 amide bonds. The second-order valence-electron chi connectivity index (χ2n) is 8.14. The number of piperidine rings is 2. The topological polar surface area (TPSA) is 75.9 Å². The van der Waals surface area contributed by atoms with Gasteiger partial charge in [0.1, 0.15) is 5.75 Å². The first kappa shape index (κ1) is 23.5. The summed E-state index contributed by atoms with van der Waals surface area (Å²) in [6.07, 6.45) is 4.20. The van der Waals surface area contributed by atoms with Gasteiger partial charge in [0.2, 0.25) is 11.8 Å². The number of hydrogen-bond acceptors (Lipinski definition) is 4. The minimum atomic E-state index is -0.0837. The quantitative estimate of drug-likeness (QED) is 0.763. The zero-order valence-electron chi connectivity index (χ0n) is 17.3. The van der Waals surface area contributed by atoms with Crippen molar-refractivity contribution < 1.29 is 14.3 Å². The molecule has 3 unspecified atom stereocenters. The third-order valence-electron chi connectivity index (χ3n) is 5.96. The van der Waals surface area contributed by atoms with E-state index in [0.29, 0.717) is 25.5 Å². The van der Waals surface area contributed by atoms with Crippen LogP contribution in [0.4, 0.5) is 0 Å². The highest BCUT2D eigenvalue weighted by Crippen LogP contribution is 2.24. The number of carbonyl (C=O) groups excluding carboxylic acids is 2. The molecule has 0 bridgehead atoms. The second kappa shape index (κ2) is 11.4. The Morgan fingerprint density at radius 3 is 2.52 bits per heavy atom.